The highest BCUT2D eigenvalue weighted by atomic mass is 35.5. The van der Waals surface area contributed by atoms with E-state index in [1.165, 1.54) is 12.6 Å². The third-order valence-corrected chi connectivity index (χ3v) is 7.34. The van der Waals surface area contributed by atoms with E-state index in [4.69, 9.17) is 17.3 Å². The highest BCUT2D eigenvalue weighted by Gasteiger charge is 2.23. The smallest absolute Gasteiger partial charge is 0.266 e. The molecule has 0 spiro atoms. The predicted octanol–water partition coefficient (Wildman–Crippen LogP) is 3.40. The molecular weight excluding hydrogens is 437 g/mol. The van der Waals surface area contributed by atoms with Crippen LogP contribution in [-0.2, 0) is 10.0 Å². The van der Waals surface area contributed by atoms with E-state index in [0.717, 1.165) is 55.7 Å². The van der Waals surface area contributed by atoms with E-state index < -0.39 is 20.7 Å². The van der Waals surface area contributed by atoms with Gasteiger partial charge in [0, 0.05) is 30.2 Å². The summed E-state index contributed by atoms with van der Waals surface area (Å²) in [4.78, 5) is 3.33. The summed E-state index contributed by atoms with van der Waals surface area (Å²) in [5.74, 6) is -0.877. The van der Waals surface area contributed by atoms with Crippen LogP contribution in [0.1, 0.15) is 32.1 Å². The van der Waals surface area contributed by atoms with Crippen molar-refractivity contribution in [3.63, 3.8) is 0 Å². The van der Waals surface area contributed by atoms with Crippen molar-refractivity contribution in [2.24, 2.45) is 5.73 Å². The Bertz CT molecular complexity index is 911. The zero-order chi connectivity index (χ0) is 20.9. The third-order valence-electron chi connectivity index (χ3n) is 4.86. The molecule has 0 amide bonds. The molecule has 5 N–H and O–H groups in total. The summed E-state index contributed by atoms with van der Waals surface area (Å²) in [6, 6.07) is 2.86. The summed E-state index contributed by atoms with van der Waals surface area (Å²) in [5.41, 5.74) is 6.40. The number of benzene rings is 1. The molecule has 0 bridgehead atoms. The number of thiazole rings is 1. The summed E-state index contributed by atoms with van der Waals surface area (Å²) in [6.45, 7) is 1.47. The normalized spacial score (nSPS) is 19.4. The average molecular weight is 462 g/mol. The number of nitrogens with one attached hydrogen (secondary N) is 3. The van der Waals surface area contributed by atoms with Crippen molar-refractivity contribution in [2.45, 2.75) is 49.1 Å². The lowest BCUT2D eigenvalue weighted by atomic mass is 10.2. The fraction of sp³-hybridized carbons (Fsp3) is 0.500. The minimum atomic E-state index is -4.11. The molecule has 1 aromatic carbocycles. The maximum atomic E-state index is 14.4. The molecule has 0 saturated heterocycles. The molecule has 1 saturated carbocycles. The number of rotatable bonds is 10. The van der Waals surface area contributed by atoms with Crippen molar-refractivity contribution in [3.05, 3.63) is 34.5 Å². The fourth-order valence-electron chi connectivity index (χ4n) is 3.32. The lowest BCUT2D eigenvalue weighted by Crippen LogP contribution is -2.41. The van der Waals surface area contributed by atoms with Crippen LogP contribution in [0.4, 0.5) is 15.2 Å². The fourth-order valence-corrected chi connectivity index (χ4v) is 5.49. The highest BCUT2D eigenvalue weighted by molar-refractivity contribution is 7.93. The molecule has 1 heterocycles. The molecule has 7 nitrogen and oxygen atoms in total. The summed E-state index contributed by atoms with van der Waals surface area (Å²) in [5, 5.41) is 8.46. The van der Waals surface area contributed by atoms with E-state index in [0.29, 0.717) is 18.3 Å². The van der Waals surface area contributed by atoms with E-state index in [1.54, 1.807) is 5.38 Å². The number of hydrogen-bond donors (Lipinski definition) is 4. The van der Waals surface area contributed by atoms with Crippen molar-refractivity contribution >= 4 is 43.8 Å². The van der Waals surface area contributed by atoms with Crippen molar-refractivity contribution in [2.75, 3.05) is 23.1 Å². The second-order valence-electron chi connectivity index (χ2n) is 6.99. The van der Waals surface area contributed by atoms with Gasteiger partial charge in [0.15, 0.2) is 5.13 Å². The van der Waals surface area contributed by atoms with Crippen LogP contribution >= 0.6 is 22.9 Å². The second kappa shape index (κ2) is 10.0. The van der Waals surface area contributed by atoms with E-state index in [2.05, 4.69) is 20.3 Å². The number of halogens is 2. The monoisotopic (exact) mass is 461 g/mol. The first kappa shape index (κ1) is 22.2. The molecular formula is C18H25ClFN5O2S2. The van der Waals surface area contributed by atoms with Crippen molar-refractivity contribution in [3.8, 4) is 0 Å². The maximum absolute atomic E-state index is 14.4. The van der Waals surface area contributed by atoms with Gasteiger partial charge >= 0.3 is 0 Å². The van der Waals surface area contributed by atoms with Gasteiger partial charge in [-0.15, -0.1) is 11.3 Å². The van der Waals surface area contributed by atoms with Crippen LogP contribution in [0, 0.1) is 5.82 Å². The molecule has 2 aromatic rings. The number of hydrogen-bond acceptors (Lipinski definition) is 7. The van der Waals surface area contributed by atoms with Crippen LogP contribution < -0.4 is 21.1 Å². The molecule has 29 heavy (non-hydrogen) atoms. The van der Waals surface area contributed by atoms with Gasteiger partial charge in [-0.25, -0.2) is 17.8 Å². The van der Waals surface area contributed by atoms with E-state index in [-0.39, 0.29) is 16.2 Å². The first-order chi connectivity index (χ1) is 13.9. The van der Waals surface area contributed by atoms with Crippen molar-refractivity contribution in [1.29, 1.82) is 0 Å². The number of nitrogens with two attached hydrogens (primary N) is 1. The van der Waals surface area contributed by atoms with Gasteiger partial charge in [-0.2, -0.15) is 0 Å². The second-order valence-corrected chi connectivity index (χ2v) is 9.95. The van der Waals surface area contributed by atoms with Crippen LogP contribution in [0.3, 0.4) is 0 Å². The molecule has 0 aliphatic heterocycles. The lowest BCUT2D eigenvalue weighted by molar-refractivity contribution is 0.468. The SMILES string of the molecule is N[C@@H]1CCC[C@H]1NCCCCNc1cc(F)c(S(=O)(=O)Nc2nccs2)cc1Cl. The van der Waals surface area contributed by atoms with Gasteiger partial charge in [-0.05, 0) is 44.4 Å². The topological polar surface area (TPSA) is 109 Å². The van der Waals surface area contributed by atoms with Crippen molar-refractivity contribution < 1.29 is 12.8 Å². The Kier molecular flexibility index (Phi) is 7.69. The zero-order valence-corrected chi connectivity index (χ0v) is 18.2. The molecule has 11 heteroatoms. The average Bonchev–Trinajstić information content (AvgIpc) is 3.31. The lowest BCUT2D eigenvalue weighted by Gasteiger charge is -2.17. The number of aromatic nitrogens is 1. The van der Waals surface area contributed by atoms with Crippen LogP contribution in [0.2, 0.25) is 5.02 Å². The minimum absolute atomic E-state index is 0.140. The van der Waals surface area contributed by atoms with Gasteiger partial charge < -0.3 is 16.4 Å². The quantitative estimate of drug-likeness (QED) is 0.404. The Labute approximate surface area is 179 Å². The predicted molar refractivity (Wildman–Crippen MR) is 116 cm³/mol. The van der Waals surface area contributed by atoms with Crippen LogP contribution in [0.15, 0.2) is 28.6 Å². The van der Waals surface area contributed by atoms with Crippen LogP contribution in [0.5, 0.6) is 0 Å². The van der Waals surface area contributed by atoms with Crippen molar-refractivity contribution in [1.82, 2.24) is 10.3 Å². The Morgan fingerprint density at radius 3 is 2.76 bits per heavy atom. The van der Waals surface area contributed by atoms with Crippen LogP contribution in [-0.4, -0.2) is 38.6 Å². The Morgan fingerprint density at radius 2 is 2.07 bits per heavy atom. The van der Waals surface area contributed by atoms with E-state index >= 15 is 0 Å². The highest BCUT2D eigenvalue weighted by Crippen LogP contribution is 2.29. The zero-order valence-electron chi connectivity index (χ0n) is 15.8. The number of unbranched alkanes of at least 4 members (excludes halogenated alkanes) is 1. The van der Waals surface area contributed by atoms with Gasteiger partial charge in [0.1, 0.15) is 10.7 Å². The standard InChI is InChI=1S/C18H25ClFN5O2S2/c19-12-10-17(29(26,27)25-18-24-8-9-28-18)13(20)11-16(12)23-7-2-1-6-22-15-5-3-4-14(15)21/h8-11,14-15,22-23H,1-7,21H2,(H,24,25)/t14-,15-/m1/s1. The van der Waals surface area contributed by atoms with E-state index in [1.807, 2.05) is 0 Å². The van der Waals surface area contributed by atoms with Gasteiger partial charge in [0.25, 0.3) is 10.0 Å². The largest absolute Gasteiger partial charge is 0.384 e. The molecule has 1 aromatic heterocycles. The molecule has 0 unspecified atom stereocenters. The Morgan fingerprint density at radius 1 is 1.28 bits per heavy atom. The molecule has 1 aliphatic rings. The maximum Gasteiger partial charge on any atom is 0.266 e. The van der Waals surface area contributed by atoms with Gasteiger partial charge in [0.2, 0.25) is 0 Å². The molecule has 3 rings (SSSR count). The third kappa shape index (κ3) is 6.02. The summed E-state index contributed by atoms with van der Waals surface area (Å²) >= 11 is 7.27. The molecule has 0 radical (unpaired) electrons. The van der Waals surface area contributed by atoms with E-state index in [9.17, 15) is 12.8 Å². The molecule has 160 valence electrons. The molecule has 2 atom stereocenters. The molecule has 1 fully saturated rings. The Balaban J connectivity index is 1.50. The summed E-state index contributed by atoms with van der Waals surface area (Å²) in [6.07, 6.45) is 6.64. The number of sulfonamides is 1. The van der Waals surface area contributed by atoms with Crippen LogP contribution in [0.25, 0.3) is 0 Å². The van der Waals surface area contributed by atoms with Gasteiger partial charge in [-0.1, -0.05) is 18.0 Å². The summed E-state index contributed by atoms with van der Waals surface area (Å²) in [7, 11) is -4.11. The Hall–Kier alpha value is -1.46. The first-order valence-corrected chi connectivity index (χ1v) is 12.2. The number of anilines is 2. The minimum Gasteiger partial charge on any atom is -0.384 e. The first-order valence-electron chi connectivity index (χ1n) is 9.51. The summed E-state index contributed by atoms with van der Waals surface area (Å²) < 4.78 is 41.4. The number of nitrogens with zero attached hydrogens (tertiary/aromatic N) is 1. The van der Waals surface area contributed by atoms with Gasteiger partial charge in [-0.3, -0.25) is 4.72 Å². The molecule has 1 aliphatic carbocycles. The van der Waals surface area contributed by atoms with Gasteiger partial charge in [0.05, 0.1) is 10.7 Å².